The Kier molecular flexibility index (Phi) is 45.1. The van der Waals surface area contributed by atoms with Gasteiger partial charge in [-0.05, 0) is 83.5 Å². The molecule has 0 aliphatic carbocycles. The normalized spacial score (nSPS) is 12.3. The van der Waals surface area contributed by atoms with E-state index in [9.17, 15) is 24.3 Å². The molecule has 0 saturated heterocycles. The summed E-state index contributed by atoms with van der Waals surface area (Å²) in [7, 11) is 0. The molecule has 0 spiro atoms. The molecule has 368 valence electrons. The van der Waals surface area contributed by atoms with Crippen molar-refractivity contribution in [1.82, 2.24) is 10.2 Å². The molecule has 1 atom stereocenters. The first-order valence-electron chi connectivity index (χ1n) is 25.4. The highest BCUT2D eigenvalue weighted by Gasteiger charge is 2.28. The van der Waals surface area contributed by atoms with Crippen molar-refractivity contribution in [2.75, 3.05) is 52.7 Å². The first kappa shape index (κ1) is 60.2. The Morgan fingerprint density at radius 3 is 1.27 bits per heavy atom. The van der Waals surface area contributed by atoms with E-state index in [1.165, 1.54) is 154 Å². The number of rotatable bonds is 50. The molecular weight excluding hydrogens is 801 g/mol. The highest BCUT2D eigenvalue weighted by atomic mass is 16.6. The monoisotopic (exact) mass is 895 g/mol. The van der Waals surface area contributed by atoms with Crippen molar-refractivity contribution in [3.05, 3.63) is 24.3 Å². The number of nitrogens with zero attached hydrogens (tertiary/aromatic N) is 1. The first-order chi connectivity index (χ1) is 30.7. The molecular formula is C51H94N2O10. The molecule has 0 aliphatic heterocycles. The molecule has 0 heterocycles. The number of unbranched alkanes of at least 4 members (excludes halogenated alkanes) is 25. The summed E-state index contributed by atoms with van der Waals surface area (Å²) in [5.74, 6) is -4.21. The van der Waals surface area contributed by atoms with Crippen LogP contribution in [0.3, 0.4) is 0 Å². The molecule has 63 heavy (non-hydrogen) atoms. The Morgan fingerprint density at radius 1 is 0.508 bits per heavy atom. The van der Waals surface area contributed by atoms with E-state index in [1.807, 2.05) is 0 Å². The number of amides is 1. The lowest BCUT2D eigenvalue weighted by Crippen LogP contribution is -2.46. The largest absolute Gasteiger partial charge is 0.480 e. The summed E-state index contributed by atoms with van der Waals surface area (Å²) in [6.07, 6.45) is 45.0. The molecule has 0 rings (SSSR count). The summed E-state index contributed by atoms with van der Waals surface area (Å²) in [6.45, 7) is 5.19. The topological polar surface area (TPSA) is 172 Å². The summed E-state index contributed by atoms with van der Waals surface area (Å²) in [6, 6.07) is -1.26. The summed E-state index contributed by atoms with van der Waals surface area (Å²) in [5.41, 5.74) is 0. The Morgan fingerprint density at radius 2 is 0.889 bits per heavy atom. The number of aliphatic carboxylic acids is 3. The molecule has 0 radical (unpaired) electrons. The Balaban J connectivity index is 4.46. The maximum atomic E-state index is 12.6. The number of hydrogen-bond donors (Lipinski definition) is 4. The predicted molar refractivity (Wildman–Crippen MR) is 255 cm³/mol. The van der Waals surface area contributed by atoms with E-state index in [4.69, 9.17) is 24.4 Å². The Hall–Kier alpha value is -2.80. The quantitative estimate of drug-likeness (QED) is 0.0338. The minimum atomic E-state index is -1.30. The van der Waals surface area contributed by atoms with Gasteiger partial charge in [0, 0.05) is 19.8 Å². The van der Waals surface area contributed by atoms with E-state index in [0.29, 0.717) is 39.3 Å². The van der Waals surface area contributed by atoms with Gasteiger partial charge in [0.15, 0.2) is 0 Å². The smallest absolute Gasteiger partial charge is 0.320 e. The van der Waals surface area contributed by atoms with Crippen LogP contribution in [0, 0.1) is 0 Å². The standard InChI is InChI=1S/C51H94N2O10/c1-3-5-7-9-11-13-15-17-19-21-23-25-27-29-31-35-39-61-43-46(44-62-40-36-32-30-28-26-24-22-20-18-16-14-12-10-8-6-4-2)63-45-48(54)52-38-34-33-37-47(51(59)60)53(41-49(55)56)42-50(57)58/h17-20,46-47H,3-16,21-45H2,1-2H3,(H,52,54)(H,55,56)(H,57,58)(H,59,60)/b19-17-,20-18-/t47-/m0/s1. The lowest BCUT2D eigenvalue weighted by atomic mass is 10.1. The van der Waals surface area contributed by atoms with Crippen LogP contribution in [-0.2, 0) is 33.4 Å². The van der Waals surface area contributed by atoms with Gasteiger partial charge in [-0.25, -0.2) is 0 Å². The van der Waals surface area contributed by atoms with Crippen molar-refractivity contribution < 1.29 is 48.7 Å². The van der Waals surface area contributed by atoms with Gasteiger partial charge in [-0.2, -0.15) is 0 Å². The number of ether oxygens (including phenoxy) is 3. The summed E-state index contributed by atoms with van der Waals surface area (Å²) in [4.78, 5) is 47.6. The van der Waals surface area contributed by atoms with Crippen LogP contribution in [0.15, 0.2) is 24.3 Å². The second kappa shape index (κ2) is 47.2. The van der Waals surface area contributed by atoms with Gasteiger partial charge in [0.1, 0.15) is 18.8 Å². The van der Waals surface area contributed by atoms with Crippen LogP contribution in [0.1, 0.15) is 213 Å². The van der Waals surface area contributed by atoms with E-state index in [-0.39, 0.29) is 31.6 Å². The lowest BCUT2D eigenvalue weighted by molar-refractivity contribution is -0.149. The van der Waals surface area contributed by atoms with Crippen molar-refractivity contribution in [2.45, 2.75) is 225 Å². The third-order valence-electron chi connectivity index (χ3n) is 11.3. The minimum absolute atomic E-state index is 0.0486. The van der Waals surface area contributed by atoms with Crippen molar-refractivity contribution in [1.29, 1.82) is 0 Å². The molecule has 0 aromatic rings. The molecule has 0 saturated carbocycles. The average molecular weight is 895 g/mol. The maximum absolute atomic E-state index is 12.6. The zero-order valence-electron chi connectivity index (χ0n) is 40.2. The van der Waals surface area contributed by atoms with E-state index in [2.05, 4.69) is 43.5 Å². The molecule has 0 unspecified atom stereocenters. The fourth-order valence-corrected chi connectivity index (χ4v) is 7.50. The van der Waals surface area contributed by atoms with Crippen molar-refractivity contribution in [2.24, 2.45) is 0 Å². The van der Waals surface area contributed by atoms with Crippen LogP contribution in [0.5, 0.6) is 0 Å². The van der Waals surface area contributed by atoms with Gasteiger partial charge in [0.2, 0.25) is 5.91 Å². The first-order valence-corrected chi connectivity index (χ1v) is 25.4. The van der Waals surface area contributed by atoms with Crippen molar-refractivity contribution in [3.8, 4) is 0 Å². The van der Waals surface area contributed by atoms with Crippen LogP contribution in [-0.4, -0.2) is 109 Å². The second-order valence-electron chi connectivity index (χ2n) is 17.4. The lowest BCUT2D eigenvalue weighted by Gasteiger charge is -2.25. The highest BCUT2D eigenvalue weighted by Crippen LogP contribution is 2.13. The average Bonchev–Trinajstić information content (AvgIpc) is 3.24. The number of hydrogen-bond acceptors (Lipinski definition) is 8. The number of carboxylic acid groups (broad SMARTS) is 3. The van der Waals surface area contributed by atoms with Crippen LogP contribution in [0.25, 0.3) is 0 Å². The molecule has 0 aliphatic rings. The molecule has 12 heteroatoms. The van der Waals surface area contributed by atoms with E-state index < -0.39 is 37.0 Å². The molecule has 0 aromatic carbocycles. The summed E-state index contributed by atoms with van der Waals surface area (Å²) >= 11 is 0. The number of allylic oxidation sites excluding steroid dienone is 4. The SMILES string of the molecule is CCCCCCCC/C=C\CCCCCCCCOCC(COCCCCCCCC/C=C\CCCCCCCC)OCC(=O)NCCCC[C@@H](C(=O)O)N(CC(=O)O)CC(=O)O. The zero-order valence-corrected chi connectivity index (χ0v) is 40.2. The number of carbonyl (C=O) groups is 4. The minimum Gasteiger partial charge on any atom is -0.480 e. The van der Waals surface area contributed by atoms with Crippen molar-refractivity contribution in [3.63, 3.8) is 0 Å². The number of carboxylic acids is 3. The molecule has 0 bridgehead atoms. The van der Waals surface area contributed by atoms with E-state index in [1.54, 1.807) is 0 Å². The Labute approximate surface area is 383 Å². The van der Waals surface area contributed by atoms with Gasteiger partial charge >= 0.3 is 17.9 Å². The number of carbonyl (C=O) groups excluding carboxylic acids is 1. The van der Waals surface area contributed by atoms with Gasteiger partial charge in [-0.1, -0.05) is 154 Å². The summed E-state index contributed by atoms with van der Waals surface area (Å²) < 4.78 is 17.9. The second-order valence-corrected chi connectivity index (χ2v) is 17.4. The zero-order chi connectivity index (χ0) is 46.3. The molecule has 0 fully saturated rings. The fourth-order valence-electron chi connectivity index (χ4n) is 7.50. The van der Waals surface area contributed by atoms with Crippen LogP contribution in [0.2, 0.25) is 0 Å². The third-order valence-corrected chi connectivity index (χ3v) is 11.3. The predicted octanol–water partition coefficient (Wildman–Crippen LogP) is 11.7. The maximum Gasteiger partial charge on any atom is 0.320 e. The summed E-state index contributed by atoms with van der Waals surface area (Å²) in [5, 5.41) is 30.6. The molecule has 0 aromatic heterocycles. The van der Waals surface area contributed by atoms with Crippen LogP contribution < -0.4 is 5.32 Å². The molecule has 4 N–H and O–H groups in total. The van der Waals surface area contributed by atoms with Crippen LogP contribution in [0.4, 0.5) is 0 Å². The van der Waals surface area contributed by atoms with Gasteiger partial charge in [0.25, 0.3) is 0 Å². The number of nitrogens with one attached hydrogen (secondary N) is 1. The van der Waals surface area contributed by atoms with Gasteiger partial charge in [-0.3, -0.25) is 24.1 Å². The Bertz CT molecular complexity index is 1070. The fraction of sp³-hybridized carbons (Fsp3) is 0.843. The van der Waals surface area contributed by atoms with E-state index >= 15 is 0 Å². The molecule has 12 nitrogen and oxygen atoms in total. The van der Waals surface area contributed by atoms with Gasteiger partial charge < -0.3 is 34.8 Å². The van der Waals surface area contributed by atoms with Crippen molar-refractivity contribution >= 4 is 23.8 Å². The highest BCUT2D eigenvalue weighted by molar-refractivity contribution is 5.78. The molecule has 1 amide bonds. The third kappa shape index (κ3) is 44.2. The van der Waals surface area contributed by atoms with Crippen LogP contribution >= 0.6 is 0 Å². The van der Waals surface area contributed by atoms with E-state index in [0.717, 1.165) is 30.6 Å². The van der Waals surface area contributed by atoms with Gasteiger partial charge in [0.05, 0.1) is 26.3 Å². The van der Waals surface area contributed by atoms with Gasteiger partial charge in [-0.15, -0.1) is 0 Å².